The van der Waals surface area contributed by atoms with Crippen LogP contribution in [0.2, 0.25) is 0 Å². The Morgan fingerprint density at radius 1 is 1.24 bits per heavy atom. The third-order valence-corrected chi connectivity index (χ3v) is 10.1. The highest BCUT2D eigenvalue weighted by molar-refractivity contribution is 6.11. The highest BCUT2D eigenvalue weighted by Crippen LogP contribution is 2.61. The molecule has 0 radical (unpaired) electrons. The summed E-state index contributed by atoms with van der Waals surface area (Å²) < 4.78 is 24.1. The molecular weight excluding hydrogens is 590 g/mol. The fourth-order valence-electron chi connectivity index (χ4n) is 7.98. The van der Waals surface area contributed by atoms with E-state index in [1.807, 2.05) is 24.3 Å². The third-order valence-electron chi connectivity index (χ3n) is 10.1. The van der Waals surface area contributed by atoms with E-state index in [2.05, 4.69) is 4.99 Å². The van der Waals surface area contributed by atoms with Crippen LogP contribution in [0.1, 0.15) is 86.5 Å². The van der Waals surface area contributed by atoms with E-state index in [4.69, 9.17) is 18.9 Å². The lowest BCUT2D eigenvalue weighted by molar-refractivity contribution is -0.141. The van der Waals surface area contributed by atoms with Crippen molar-refractivity contribution in [3.8, 4) is 17.2 Å². The van der Waals surface area contributed by atoms with Crippen LogP contribution in [0.3, 0.4) is 0 Å². The average Bonchev–Trinajstić information content (AvgIpc) is 3.68. The standard InChI is InChI=1S/C36H37NO9/c1-4-44-35(41)32-23(16-38)27(20-8-10-26(40)22(15-20)18-7-9-25-19(14-18)11-13-37-25)29-31(45-32)24(17-39)30-28(33(29)43-3)21-6-5-12-36(2,42)34(21)46-30/h7,9,11,14,16,21-22,34,39,42H,4-6,8,10,12-13,15,17H2,1-3H3/b27-20-/t21-,22-,34+,36-/m1/s1. The molecule has 5 aliphatic rings. The predicted molar refractivity (Wildman–Crippen MR) is 166 cm³/mol. The number of nitrogens with zero attached hydrogens (tertiary/aromatic N) is 1. The van der Waals surface area contributed by atoms with Gasteiger partial charge in [-0.25, -0.2) is 4.79 Å². The Hall–Kier alpha value is -4.28. The van der Waals surface area contributed by atoms with E-state index in [1.165, 1.54) is 7.11 Å². The van der Waals surface area contributed by atoms with Gasteiger partial charge in [0, 0.05) is 29.4 Å². The molecule has 46 heavy (non-hydrogen) atoms. The van der Waals surface area contributed by atoms with Gasteiger partial charge in [-0.3, -0.25) is 14.6 Å². The number of esters is 1. The molecule has 2 aliphatic carbocycles. The van der Waals surface area contributed by atoms with E-state index >= 15 is 0 Å². The minimum atomic E-state index is -1.12. The molecule has 3 heterocycles. The van der Waals surface area contributed by atoms with Gasteiger partial charge < -0.3 is 29.2 Å². The summed E-state index contributed by atoms with van der Waals surface area (Å²) in [5, 5.41) is 24.0. The summed E-state index contributed by atoms with van der Waals surface area (Å²) in [4.78, 5) is 44.2. The third kappa shape index (κ3) is 4.60. The van der Waals surface area contributed by atoms with Crippen LogP contribution in [0.4, 0.5) is 0 Å². The number of ether oxygens (including phenoxy) is 4. The summed E-state index contributed by atoms with van der Waals surface area (Å²) in [6.07, 6.45) is 4.98. The molecule has 2 N–H and O–H groups in total. The molecule has 10 heteroatoms. The first-order valence-electron chi connectivity index (χ1n) is 15.9. The minimum absolute atomic E-state index is 0.00313. The number of benzene rings is 2. The number of Topliss-reactive ketones (excluding diaryl/α,β-unsaturated/α-hetero) is 1. The Morgan fingerprint density at radius 2 is 2.07 bits per heavy atom. The molecule has 7 rings (SSSR count). The zero-order chi connectivity index (χ0) is 32.3. The quantitative estimate of drug-likeness (QED) is 0.365. The van der Waals surface area contributed by atoms with Gasteiger partial charge in [0.2, 0.25) is 5.76 Å². The fourth-order valence-corrected chi connectivity index (χ4v) is 7.98. The molecule has 10 nitrogen and oxygen atoms in total. The van der Waals surface area contributed by atoms with Crippen LogP contribution in [0, 0.1) is 0 Å². The summed E-state index contributed by atoms with van der Waals surface area (Å²) in [5.74, 6) is -0.850. The number of carbonyl (C=O) groups excluding carboxylic acids is 3. The molecule has 240 valence electrons. The molecule has 0 unspecified atom stereocenters. The lowest BCUT2D eigenvalue weighted by atomic mass is 9.72. The highest BCUT2D eigenvalue weighted by Gasteiger charge is 2.52. The topological polar surface area (TPSA) is 141 Å². The number of fused-ring (bicyclic) bond motifs is 5. The molecule has 0 bridgehead atoms. The molecule has 4 atom stereocenters. The van der Waals surface area contributed by atoms with Crippen LogP contribution < -0.4 is 24.8 Å². The molecule has 2 aromatic carbocycles. The van der Waals surface area contributed by atoms with Crippen molar-refractivity contribution in [1.29, 1.82) is 0 Å². The maximum atomic E-state index is 13.4. The van der Waals surface area contributed by atoms with Crippen molar-refractivity contribution in [3.05, 3.63) is 67.9 Å². The molecule has 0 aromatic heterocycles. The van der Waals surface area contributed by atoms with Crippen LogP contribution in [0.15, 0.2) is 40.1 Å². The second-order valence-electron chi connectivity index (χ2n) is 12.8. The summed E-state index contributed by atoms with van der Waals surface area (Å²) in [5.41, 5.74) is 2.40. The number of ketones is 1. The number of hydrogen-bond donors (Lipinski definition) is 2. The number of rotatable bonds is 6. The number of hydrogen-bond acceptors (Lipinski definition) is 10. The second-order valence-corrected chi connectivity index (χ2v) is 12.8. The number of carbonyl (C=O) groups is 3. The summed E-state index contributed by atoms with van der Waals surface area (Å²) in [6.45, 7) is 3.57. The van der Waals surface area contributed by atoms with Crippen LogP contribution in [-0.4, -0.2) is 60.2 Å². The van der Waals surface area contributed by atoms with Gasteiger partial charge in [-0.05, 0) is 68.9 Å². The van der Waals surface area contributed by atoms with Gasteiger partial charge in [0.1, 0.15) is 29.1 Å². The van der Waals surface area contributed by atoms with Crippen molar-refractivity contribution >= 4 is 29.7 Å². The van der Waals surface area contributed by atoms with E-state index < -0.39 is 30.2 Å². The molecular formula is C36H37NO9. The van der Waals surface area contributed by atoms with Gasteiger partial charge in [0.15, 0.2) is 6.29 Å². The van der Waals surface area contributed by atoms with Crippen molar-refractivity contribution in [2.75, 3.05) is 20.3 Å². The summed E-state index contributed by atoms with van der Waals surface area (Å²) in [6, 6.07) is 5.86. The van der Waals surface area contributed by atoms with Crippen molar-refractivity contribution in [2.24, 2.45) is 4.99 Å². The van der Waals surface area contributed by atoms with Crippen LogP contribution >= 0.6 is 0 Å². The number of aliphatic hydroxyl groups is 2. The largest absolute Gasteiger partial charge is 0.496 e. The van der Waals surface area contributed by atoms with Crippen molar-refractivity contribution in [3.63, 3.8) is 0 Å². The van der Waals surface area contributed by atoms with E-state index in [0.717, 1.165) is 34.6 Å². The number of allylic oxidation sites excluding steroid dienone is 3. The van der Waals surface area contributed by atoms with Gasteiger partial charge in [0.05, 0.1) is 54.5 Å². The smallest absolute Gasteiger partial charge is 0.375 e. The zero-order valence-electron chi connectivity index (χ0n) is 26.2. The predicted octanol–water partition coefficient (Wildman–Crippen LogP) is 3.08. The van der Waals surface area contributed by atoms with E-state index in [-0.39, 0.29) is 41.8 Å². The van der Waals surface area contributed by atoms with Gasteiger partial charge in [0.25, 0.3) is 0 Å². The van der Waals surface area contributed by atoms with E-state index in [0.29, 0.717) is 65.9 Å². The first-order valence-corrected chi connectivity index (χ1v) is 15.9. The Kier molecular flexibility index (Phi) is 7.60. The van der Waals surface area contributed by atoms with Crippen LogP contribution in [-0.2, 0) is 25.7 Å². The zero-order valence-corrected chi connectivity index (χ0v) is 26.2. The molecule has 2 aromatic rings. The molecule has 3 aliphatic heterocycles. The summed E-state index contributed by atoms with van der Waals surface area (Å²) in [7, 11) is 1.52. The first kappa shape index (κ1) is 30.4. The molecule has 0 spiro atoms. The van der Waals surface area contributed by atoms with Gasteiger partial charge in [-0.2, -0.15) is 0 Å². The number of aliphatic hydroxyl groups excluding tert-OH is 1. The Balaban J connectivity index is 1.48. The van der Waals surface area contributed by atoms with E-state index in [1.54, 1.807) is 13.8 Å². The second kappa shape index (κ2) is 11.5. The maximum absolute atomic E-state index is 13.4. The SMILES string of the molecule is CCOC(=O)C1=C(C=O)/C(=C2\CCC(=O)[C@@H](c3ccc4c(c3)=CCN=4)C2)c2c(c(CO)c3c(c2OC)[C@H]2CCC[C@@](C)(O)[C@H]2O3)O1. The van der Waals surface area contributed by atoms with Crippen LogP contribution in [0.5, 0.6) is 17.2 Å². The van der Waals surface area contributed by atoms with Crippen molar-refractivity contribution in [1.82, 2.24) is 0 Å². The number of aldehydes is 1. The number of methoxy groups -OCH3 is 1. The highest BCUT2D eigenvalue weighted by atomic mass is 16.6. The molecule has 2 saturated carbocycles. The summed E-state index contributed by atoms with van der Waals surface area (Å²) >= 11 is 0. The van der Waals surface area contributed by atoms with Crippen molar-refractivity contribution < 1.29 is 43.5 Å². The normalized spacial score (nSPS) is 27.7. The molecule has 0 saturated heterocycles. The van der Waals surface area contributed by atoms with Crippen LogP contribution in [0.25, 0.3) is 11.6 Å². The molecule has 0 amide bonds. The molecule has 2 fully saturated rings. The lowest BCUT2D eigenvalue weighted by Gasteiger charge is -2.37. The Bertz CT molecular complexity index is 1870. The van der Waals surface area contributed by atoms with Gasteiger partial charge in [-0.15, -0.1) is 0 Å². The maximum Gasteiger partial charge on any atom is 0.375 e. The van der Waals surface area contributed by atoms with Crippen molar-refractivity contribution in [2.45, 2.75) is 82.5 Å². The fraction of sp³-hybridized carbons (Fsp3) is 0.444. The lowest BCUT2D eigenvalue weighted by Crippen LogP contribution is -2.47. The monoisotopic (exact) mass is 627 g/mol. The Morgan fingerprint density at radius 3 is 2.80 bits per heavy atom. The first-order chi connectivity index (χ1) is 22.2. The van der Waals surface area contributed by atoms with Gasteiger partial charge >= 0.3 is 5.97 Å². The Labute approximate surface area is 266 Å². The average molecular weight is 628 g/mol. The van der Waals surface area contributed by atoms with E-state index in [9.17, 15) is 24.6 Å². The van der Waals surface area contributed by atoms with Gasteiger partial charge in [-0.1, -0.05) is 17.7 Å². The minimum Gasteiger partial charge on any atom is -0.496 e.